The lowest BCUT2D eigenvalue weighted by molar-refractivity contribution is 0.0994. The molecule has 0 aliphatic rings. The number of furan rings is 1. The van der Waals surface area contributed by atoms with Gasteiger partial charge in [0.1, 0.15) is 5.58 Å². The lowest BCUT2D eigenvalue weighted by atomic mass is 10.1. The van der Waals surface area contributed by atoms with E-state index >= 15 is 0 Å². The number of aryl methyl sites for hydroxylation is 1. The molecule has 2 aromatic heterocycles. The highest BCUT2D eigenvalue weighted by Gasteiger charge is 2.17. The normalized spacial score (nSPS) is 11.2. The van der Waals surface area contributed by atoms with Crippen molar-refractivity contribution >= 4 is 28.5 Å². The number of fused-ring (bicyclic) bond motifs is 1. The zero-order valence-corrected chi connectivity index (χ0v) is 16.0. The van der Waals surface area contributed by atoms with Crippen LogP contribution in [0.1, 0.15) is 23.0 Å². The van der Waals surface area contributed by atoms with Crippen molar-refractivity contribution in [2.75, 3.05) is 5.75 Å². The third-order valence-corrected chi connectivity index (χ3v) is 5.31. The SMILES string of the molecule is CCn1c(SCC(=O)c2cc3ccccc3o2)nnc1-c1cccc(C)c1. The number of carbonyl (C=O) groups is 1. The number of benzene rings is 2. The van der Waals surface area contributed by atoms with Crippen molar-refractivity contribution in [1.82, 2.24) is 14.8 Å². The van der Waals surface area contributed by atoms with Crippen LogP contribution in [0.5, 0.6) is 0 Å². The van der Waals surface area contributed by atoms with E-state index in [0.717, 1.165) is 34.1 Å². The minimum Gasteiger partial charge on any atom is -0.453 e. The van der Waals surface area contributed by atoms with Gasteiger partial charge in [0, 0.05) is 17.5 Å². The molecule has 5 nitrogen and oxygen atoms in total. The van der Waals surface area contributed by atoms with Crippen LogP contribution in [0.15, 0.2) is 64.2 Å². The predicted octanol–water partition coefficient (Wildman–Crippen LogP) is 4.99. The van der Waals surface area contributed by atoms with Crippen molar-refractivity contribution < 1.29 is 9.21 Å². The third-order valence-electron chi connectivity index (χ3n) is 4.34. The molecule has 0 N–H and O–H groups in total. The molecule has 0 amide bonds. The van der Waals surface area contributed by atoms with Gasteiger partial charge in [-0.2, -0.15) is 0 Å². The number of nitrogens with zero attached hydrogens (tertiary/aromatic N) is 3. The Morgan fingerprint density at radius 3 is 2.74 bits per heavy atom. The maximum atomic E-state index is 12.5. The van der Waals surface area contributed by atoms with Gasteiger partial charge in [-0.25, -0.2) is 0 Å². The summed E-state index contributed by atoms with van der Waals surface area (Å²) in [7, 11) is 0. The first kappa shape index (κ1) is 17.5. The molecule has 0 aliphatic heterocycles. The van der Waals surface area contributed by atoms with Crippen molar-refractivity contribution in [3.63, 3.8) is 0 Å². The molecule has 2 heterocycles. The molecule has 136 valence electrons. The summed E-state index contributed by atoms with van der Waals surface area (Å²) < 4.78 is 7.69. The number of rotatable bonds is 6. The van der Waals surface area contributed by atoms with E-state index in [1.807, 2.05) is 47.9 Å². The highest BCUT2D eigenvalue weighted by Crippen LogP contribution is 2.26. The lowest BCUT2D eigenvalue weighted by Gasteiger charge is -2.07. The van der Waals surface area contributed by atoms with E-state index in [2.05, 4.69) is 29.3 Å². The minimum absolute atomic E-state index is 0.0565. The Labute approximate surface area is 161 Å². The molecule has 0 radical (unpaired) electrons. The Hall–Kier alpha value is -2.86. The summed E-state index contributed by atoms with van der Waals surface area (Å²) in [5.74, 6) is 1.40. The molecule has 0 aliphatic carbocycles. The topological polar surface area (TPSA) is 60.9 Å². The first-order valence-corrected chi connectivity index (χ1v) is 9.79. The van der Waals surface area contributed by atoms with Gasteiger partial charge in [0.25, 0.3) is 0 Å². The summed E-state index contributed by atoms with van der Waals surface area (Å²) in [5, 5.41) is 10.3. The lowest BCUT2D eigenvalue weighted by Crippen LogP contribution is -2.04. The average molecular weight is 377 g/mol. The molecular formula is C21H19N3O2S. The maximum absolute atomic E-state index is 12.5. The molecule has 27 heavy (non-hydrogen) atoms. The number of carbonyl (C=O) groups excluding carboxylic acids is 1. The van der Waals surface area contributed by atoms with E-state index in [1.54, 1.807) is 6.07 Å². The number of para-hydroxylation sites is 1. The standard InChI is InChI=1S/C21H19N3O2S/c1-3-24-20(16-9-6-7-14(2)11-16)22-23-21(24)27-13-17(25)19-12-15-8-4-5-10-18(15)26-19/h4-12H,3,13H2,1-2H3. The molecule has 0 spiro atoms. The quantitative estimate of drug-likeness (QED) is 0.350. The van der Waals surface area contributed by atoms with Crippen LogP contribution in [0.25, 0.3) is 22.4 Å². The first-order valence-electron chi connectivity index (χ1n) is 8.80. The maximum Gasteiger partial charge on any atom is 0.208 e. The number of hydrogen-bond donors (Lipinski definition) is 0. The van der Waals surface area contributed by atoms with E-state index < -0.39 is 0 Å². The van der Waals surface area contributed by atoms with Crippen LogP contribution in [-0.2, 0) is 6.54 Å². The number of Topliss-reactive ketones (excluding diaryl/α,β-unsaturated/α-hetero) is 1. The number of ketones is 1. The molecule has 0 saturated carbocycles. The Morgan fingerprint density at radius 1 is 1.11 bits per heavy atom. The van der Waals surface area contributed by atoms with E-state index in [-0.39, 0.29) is 11.5 Å². The van der Waals surface area contributed by atoms with E-state index in [9.17, 15) is 4.79 Å². The molecule has 0 atom stereocenters. The molecular weight excluding hydrogens is 358 g/mol. The fourth-order valence-electron chi connectivity index (χ4n) is 3.00. The molecule has 0 unspecified atom stereocenters. The Kier molecular flexibility index (Phi) is 4.81. The Bertz CT molecular complexity index is 1080. The monoisotopic (exact) mass is 377 g/mol. The second kappa shape index (κ2) is 7.40. The smallest absolute Gasteiger partial charge is 0.208 e. The van der Waals surface area contributed by atoms with Gasteiger partial charge in [0.15, 0.2) is 16.7 Å². The van der Waals surface area contributed by atoms with Gasteiger partial charge in [-0.1, -0.05) is 53.7 Å². The van der Waals surface area contributed by atoms with Gasteiger partial charge < -0.3 is 8.98 Å². The molecule has 2 aromatic carbocycles. The van der Waals surface area contributed by atoms with Crippen molar-refractivity contribution in [2.45, 2.75) is 25.5 Å². The van der Waals surface area contributed by atoms with Crippen LogP contribution in [0, 0.1) is 6.92 Å². The van der Waals surface area contributed by atoms with E-state index in [0.29, 0.717) is 5.76 Å². The number of aromatic nitrogens is 3. The summed E-state index contributed by atoms with van der Waals surface area (Å²) in [6, 6.07) is 17.6. The van der Waals surface area contributed by atoms with Crippen LogP contribution >= 0.6 is 11.8 Å². The Balaban J connectivity index is 1.53. The van der Waals surface area contributed by atoms with Crippen molar-refractivity contribution in [1.29, 1.82) is 0 Å². The van der Waals surface area contributed by atoms with Gasteiger partial charge >= 0.3 is 0 Å². The first-order chi connectivity index (χ1) is 13.2. The average Bonchev–Trinajstić information content (AvgIpc) is 3.29. The third kappa shape index (κ3) is 3.53. The van der Waals surface area contributed by atoms with Gasteiger partial charge in [0.05, 0.1) is 5.75 Å². The Morgan fingerprint density at radius 2 is 1.96 bits per heavy atom. The number of thioether (sulfide) groups is 1. The van der Waals surface area contributed by atoms with Crippen molar-refractivity contribution in [3.05, 3.63) is 65.9 Å². The van der Waals surface area contributed by atoms with Crippen LogP contribution < -0.4 is 0 Å². The second-order valence-electron chi connectivity index (χ2n) is 6.28. The molecule has 0 bridgehead atoms. The van der Waals surface area contributed by atoms with Crippen LogP contribution in [0.4, 0.5) is 0 Å². The molecule has 0 fully saturated rings. The molecule has 0 saturated heterocycles. The van der Waals surface area contributed by atoms with E-state index in [1.165, 1.54) is 17.3 Å². The minimum atomic E-state index is -0.0565. The van der Waals surface area contributed by atoms with Gasteiger partial charge in [0.2, 0.25) is 5.78 Å². The van der Waals surface area contributed by atoms with Gasteiger partial charge in [-0.05, 0) is 32.0 Å². The molecule has 4 aromatic rings. The van der Waals surface area contributed by atoms with Crippen molar-refractivity contribution in [2.24, 2.45) is 0 Å². The second-order valence-corrected chi connectivity index (χ2v) is 7.22. The van der Waals surface area contributed by atoms with Gasteiger partial charge in [-0.15, -0.1) is 10.2 Å². The molecule has 4 rings (SSSR count). The molecule has 6 heteroatoms. The summed E-state index contributed by atoms with van der Waals surface area (Å²) in [4.78, 5) is 12.5. The highest BCUT2D eigenvalue weighted by atomic mass is 32.2. The van der Waals surface area contributed by atoms with Crippen LogP contribution in [0.2, 0.25) is 0 Å². The van der Waals surface area contributed by atoms with Gasteiger partial charge in [-0.3, -0.25) is 4.79 Å². The zero-order valence-electron chi connectivity index (χ0n) is 15.2. The fraction of sp³-hybridized carbons (Fsp3) is 0.190. The van der Waals surface area contributed by atoms with Crippen LogP contribution in [0.3, 0.4) is 0 Å². The summed E-state index contributed by atoms with van der Waals surface area (Å²) in [6.45, 7) is 4.84. The highest BCUT2D eigenvalue weighted by molar-refractivity contribution is 7.99. The van der Waals surface area contributed by atoms with Crippen molar-refractivity contribution in [3.8, 4) is 11.4 Å². The largest absolute Gasteiger partial charge is 0.453 e. The summed E-state index contributed by atoms with van der Waals surface area (Å²) in [6.07, 6.45) is 0. The number of hydrogen-bond acceptors (Lipinski definition) is 5. The zero-order chi connectivity index (χ0) is 18.8. The van der Waals surface area contributed by atoms with E-state index in [4.69, 9.17) is 4.42 Å². The van der Waals surface area contributed by atoms with Crippen LogP contribution in [-0.4, -0.2) is 26.3 Å². The predicted molar refractivity (Wildman–Crippen MR) is 107 cm³/mol. The fourth-order valence-corrected chi connectivity index (χ4v) is 3.87. The summed E-state index contributed by atoms with van der Waals surface area (Å²) in [5.41, 5.74) is 2.93. The summed E-state index contributed by atoms with van der Waals surface area (Å²) >= 11 is 1.38.